The van der Waals surface area contributed by atoms with Crippen molar-refractivity contribution in [1.82, 2.24) is 4.57 Å². The van der Waals surface area contributed by atoms with Gasteiger partial charge in [-0.15, -0.1) is 0 Å². The summed E-state index contributed by atoms with van der Waals surface area (Å²) in [7, 11) is 3.61. The summed E-state index contributed by atoms with van der Waals surface area (Å²) < 4.78 is 2.25. The Hall–Kier alpha value is 0.177. The largest absolute Gasteiger partial charge is 0.322 e. The second-order valence-corrected chi connectivity index (χ2v) is 3.44. The minimum Gasteiger partial charge on any atom is -0.322 e. The van der Waals surface area contributed by atoms with Crippen molar-refractivity contribution in [2.24, 2.45) is 0 Å². The molecule has 2 heteroatoms. The van der Waals surface area contributed by atoms with Crippen LogP contribution in [-0.4, -0.2) is 27.1 Å². The molecular formula is C8H18NSi. The van der Waals surface area contributed by atoms with Gasteiger partial charge < -0.3 is 4.57 Å². The summed E-state index contributed by atoms with van der Waals surface area (Å²) in [5.41, 5.74) is 0. The molecule has 10 heavy (non-hydrogen) atoms. The quantitative estimate of drug-likeness (QED) is 0.563. The first kappa shape index (κ1) is 10.2. The van der Waals surface area contributed by atoms with Crippen molar-refractivity contribution in [2.45, 2.75) is 52.6 Å². The highest BCUT2D eigenvalue weighted by molar-refractivity contribution is 6.04. The normalized spacial score (nSPS) is 17.4. The predicted molar refractivity (Wildman–Crippen MR) is 47.1 cm³/mol. The molecule has 0 aliphatic heterocycles. The first-order valence-electron chi connectivity index (χ1n) is 4.13. The maximum atomic E-state index is 3.61. The van der Waals surface area contributed by atoms with Crippen molar-refractivity contribution in [2.75, 3.05) is 0 Å². The molecule has 3 radical (unpaired) electrons. The van der Waals surface area contributed by atoms with Gasteiger partial charge in [-0.25, -0.2) is 0 Å². The average Bonchev–Trinajstić information content (AvgIpc) is 2.00. The third-order valence-electron chi connectivity index (χ3n) is 2.13. The van der Waals surface area contributed by atoms with Crippen molar-refractivity contribution < 1.29 is 0 Å². The molecular weight excluding hydrogens is 138 g/mol. The third kappa shape index (κ3) is 2.84. The van der Waals surface area contributed by atoms with Crippen LogP contribution in [0.5, 0.6) is 0 Å². The molecule has 0 N–H and O–H groups in total. The van der Waals surface area contributed by atoms with Crippen LogP contribution in [0.4, 0.5) is 0 Å². The predicted octanol–water partition coefficient (Wildman–Crippen LogP) is 1.97. The molecule has 0 aromatic carbocycles. The number of hydrogen-bond acceptors (Lipinski definition) is 1. The van der Waals surface area contributed by atoms with Crippen molar-refractivity contribution in [3.63, 3.8) is 0 Å². The third-order valence-corrected chi connectivity index (χ3v) is 3.01. The molecule has 1 nitrogen and oxygen atoms in total. The maximum absolute atomic E-state index is 3.61. The Morgan fingerprint density at radius 1 is 1.10 bits per heavy atom. The Morgan fingerprint density at radius 3 is 1.60 bits per heavy atom. The molecule has 0 aliphatic carbocycles. The van der Waals surface area contributed by atoms with Crippen LogP contribution >= 0.6 is 0 Å². The molecule has 59 valence electrons. The van der Waals surface area contributed by atoms with Gasteiger partial charge in [0.15, 0.2) is 0 Å². The summed E-state index contributed by atoms with van der Waals surface area (Å²) in [5.74, 6) is 0. The molecule has 0 saturated carbocycles. The molecule has 0 fully saturated rings. The van der Waals surface area contributed by atoms with Gasteiger partial charge in [0.2, 0.25) is 0 Å². The molecule has 2 unspecified atom stereocenters. The van der Waals surface area contributed by atoms with E-state index in [1.807, 2.05) is 0 Å². The van der Waals surface area contributed by atoms with Crippen LogP contribution in [0.15, 0.2) is 0 Å². The Morgan fingerprint density at radius 2 is 1.40 bits per heavy atom. The van der Waals surface area contributed by atoms with Crippen LogP contribution in [0.25, 0.3) is 0 Å². The average molecular weight is 156 g/mol. The van der Waals surface area contributed by atoms with Crippen LogP contribution in [0, 0.1) is 0 Å². The minimum atomic E-state index is 0.645. The van der Waals surface area contributed by atoms with E-state index in [-0.39, 0.29) is 0 Å². The zero-order chi connectivity index (χ0) is 8.15. The monoisotopic (exact) mass is 156 g/mol. The van der Waals surface area contributed by atoms with Crippen molar-refractivity contribution in [3.05, 3.63) is 0 Å². The maximum Gasteiger partial charge on any atom is 0.144 e. The van der Waals surface area contributed by atoms with Gasteiger partial charge in [-0.05, 0) is 24.9 Å². The van der Waals surface area contributed by atoms with E-state index >= 15 is 0 Å². The topological polar surface area (TPSA) is 3.24 Å². The van der Waals surface area contributed by atoms with Gasteiger partial charge in [-0.1, -0.05) is 27.7 Å². The van der Waals surface area contributed by atoms with Crippen molar-refractivity contribution in [1.29, 1.82) is 0 Å². The Labute approximate surface area is 68.3 Å². The van der Waals surface area contributed by atoms with Gasteiger partial charge in [-0.2, -0.15) is 0 Å². The summed E-state index contributed by atoms with van der Waals surface area (Å²) in [6, 6.07) is 1.29. The summed E-state index contributed by atoms with van der Waals surface area (Å²) >= 11 is 0. The molecule has 0 aromatic rings. The van der Waals surface area contributed by atoms with Gasteiger partial charge in [0.25, 0.3) is 0 Å². The van der Waals surface area contributed by atoms with Crippen LogP contribution < -0.4 is 0 Å². The molecule has 0 spiro atoms. The lowest BCUT2D eigenvalue weighted by molar-refractivity contribution is 0.275. The lowest BCUT2D eigenvalue weighted by Gasteiger charge is -2.29. The fourth-order valence-electron chi connectivity index (χ4n) is 0.828. The second-order valence-electron chi connectivity index (χ2n) is 2.92. The van der Waals surface area contributed by atoms with Crippen LogP contribution in [0.2, 0.25) is 0 Å². The Kier molecular flexibility index (Phi) is 5.00. The Bertz CT molecular complexity index is 75.3. The highest BCUT2D eigenvalue weighted by Gasteiger charge is 2.11. The molecule has 0 heterocycles. The van der Waals surface area contributed by atoms with E-state index in [4.69, 9.17) is 0 Å². The van der Waals surface area contributed by atoms with Gasteiger partial charge >= 0.3 is 0 Å². The lowest BCUT2D eigenvalue weighted by Crippen LogP contribution is -2.37. The van der Waals surface area contributed by atoms with E-state index in [0.717, 1.165) is 0 Å². The van der Waals surface area contributed by atoms with E-state index in [1.54, 1.807) is 0 Å². The Balaban J connectivity index is 3.69. The van der Waals surface area contributed by atoms with Crippen LogP contribution in [0.3, 0.4) is 0 Å². The summed E-state index contributed by atoms with van der Waals surface area (Å²) in [6.45, 7) is 8.89. The van der Waals surface area contributed by atoms with Crippen LogP contribution in [-0.2, 0) is 0 Å². The molecule has 2 atom stereocenters. The molecule has 0 bridgehead atoms. The van der Waals surface area contributed by atoms with Gasteiger partial charge in [0.05, 0.1) is 0 Å². The lowest BCUT2D eigenvalue weighted by atomic mass is 10.2. The van der Waals surface area contributed by atoms with Gasteiger partial charge in [0, 0.05) is 0 Å². The van der Waals surface area contributed by atoms with Crippen molar-refractivity contribution in [3.8, 4) is 0 Å². The zero-order valence-electron chi connectivity index (χ0n) is 7.52. The molecule has 0 aromatic heterocycles. The summed E-state index contributed by atoms with van der Waals surface area (Å²) in [5, 5.41) is 0. The van der Waals surface area contributed by atoms with E-state index in [0.29, 0.717) is 12.1 Å². The van der Waals surface area contributed by atoms with Gasteiger partial charge in [0.1, 0.15) is 10.4 Å². The van der Waals surface area contributed by atoms with E-state index in [2.05, 4.69) is 42.7 Å². The van der Waals surface area contributed by atoms with Crippen LogP contribution in [0.1, 0.15) is 40.5 Å². The fourth-order valence-corrected chi connectivity index (χ4v) is 1.19. The van der Waals surface area contributed by atoms with E-state index < -0.39 is 0 Å². The number of rotatable bonds is 4. The smallest absolute Gasteiger partial charge is 0.144 e. The van der Waals surface area contributed by atoms with E-state index in [1.165, 1.54) is 12.8 Å². The molecule has 0 rings (SSSR count). The number of hydrogen-bond donors (Lipinski definition) is 0. The fraction of sp³-hybridized carbons (Fsp3) is 1.00. The minimum absolute atomic E-state index is 0.645. The standard InChI is InChI=1S/C8H18NSi/c1-5-7(3)9(10)8(4)6-2/h7-8H,5-6H2,1-4H3. The first-order chi connectivity index (χ1) is 4.63. The SMILES string of the molecule is CCC(C)N([Si])C(C)CC. The molecule has 0 amide bonds. The van der Waals surface area contributed by atoms with Crippen molar-refractivity contribution >= 4 is 10.4 Å². The summed E-state index contributed by atoms with van der Waals surface area (Å²) in [6.07, 6.45) is 2.40. The second kappa shape index (κ2) is 4.91. The number of nitrogens with zero attached hydrogens (tertiary/aromatic N) is 1. The summed E-state index contributed by atoms with van der Waals surface area (Å²) in [4.78, 5) is 0. The zero-order valence-corrected chi connectivity index (χ0v) is 8.52. The van der Waals surface area contributed by atoms with Gasteiger partial charge in [-0.3, -0.25) is 0 Å². The first-order valence-corrected chi connectivity index (χ1v) is 4.57. The highest BCUT2D eigenvalue weighted by Crippen LogP contribution is 2.06. The van der Waals surface area contributed by atoms with E-state index in [9.17, 15) is 0 Å². The molecule has 0 aliphatic rings. The molecule has 0 saturated heterocycles. The highest BCUT2D eigenvalue weighted by atomic mass is 28.2.